The Labute approximate surface area is 234 Å². The van der Waals surface area contributed by atoms with Crippen molar-refractivity contribution in [2.24, 2.45) is 0 Å². The number of hydrogen-bond acceptors (Lipinski definition) is 7. The number of hydrogen-bond donors (Lipinski definition) is 3. The maximum Gasteiger partial charge on any atom is 0.335 e. The van der Waals surface area contributed by atoms with Gasteiger partial charge in [0.05, 0.1) is 28.7 Å². The first-order valence-corrected chi connectivity index (χ1v) is 12.7. The molecule has 10 nitrogen and oxygen atoms in total. The van der Waals surface area contributed by atoms with Crippen LogP contribution in [0.15, 0.2) is 97.3 Å². The van der Waals surface area contributed by atoms with Gasteiger partial charge in [-0.3, -0.25) is 9.36 Å². The van der Waals surface area contributed by atoms with Crippen molar-refractivity contribution in [2.75, 3.05) is 11.1 Å². The molecule has 0 spiro atoms. The summed E-state index contributed by atoms with van der Waals surface area (Å²) in [6.45, 7) is 1.68. The van der Waals surface area contributed by atoms with Crippen LogP contribution in [0.5, 0.6) is 0 Å². The lowest BCUT2D eigenvalue weighted by Crippen LogP contribution is -2.15. The third-order valence-electron chi connectivity index (χ3n) is 6.62. The fourth-order valence-corrected chi connectivity index (χ4v) is 4.59. The smallest absolute Gasteiger partial charge is 0.335 e. The number of nitrogens with two attached hydrogens (primary N) is 1. The number of imidazole rings is 1. The van der Waals surface area contributed by atoms with Crippen LogP contribution in [0.25, 0.3) is 39.5 Å². The highest BCUT2D eigenvalue weighted by Gasteiger charge is 2.19. The number of aromatic nitrogens is 5. The largest absolute Gasteiger partial charge is 0.478 e. The molecular weight excluding hydrogens is 518 g/mol. The van der Waals surface area contributed by atoms with Crippen LogP contribution in [0.3, 0.4) is 0 Å². The molecular formula is C31H23N7O3. The number of carboxylic acid groups (broad SMARTS) is 1. The van der Waals surface area contributed by atoms with Gasteiger partial charge in [0.25, 0.3) is 5.91 Å². The van der Waals surface area contributed by atoms with Gasteiger partial charge in [0.2, 0.25) is 0 Å². The van der Waals surface area contributed by atoms with E-state index in [1.165, 1.54) is 18.2 Å². The molecule has 0 saturated heterocycles. The molecule has 4 N–H and O–H groups in total. The molecule has 0 aliphatic heterocycles. The Hall–Kier alpha value is -5.90. The van der Waals surface area contributed by atoms with Gasteiger partial charge in [-0.15, -0.1) is 0 Å². The van der Waals surface area contributed by atoms with E-state index in [-0.39, 0.29) is 5.56 Å². The lowest BCUT2D eigenvalue weighted by atomic mass is 10.0. The van der Waals surface area contributed by atoms with Crippen LogP contribution >= 0.6 is 0 Å². The van der Waals surface area contributed by atoms with E-state index in [0.29, 0.717) is 51.0 Å². The van der Waals surface area contributed by atoms with Crippen molar-refractivity contribution < 1.29 is 14.7 Å². The average molecular weight is 542 g/mol. The minimum absolute atomic E-state index is 0.114. The second-order valence-corrected chi connectivity index (χ2v) is 9.30. The number of carboxylic acids is 1. The van der Waals surface area contributed by atoms with Crippen LogP contribution in [0.1, 0.15) is 26.3 Å². The number of amides is 1. The molecule has 0 radical (unpaired) electrons. The number of pyridine rings is 3. The van der Waals surface area contributed by atoms with E-state index >= 15 is 0 Å². The molecule has 6 rings (SSSR count). The van der Waals surface area contributed by atoms with Gasteiger partial charge in [-0.05, 0) is 67.1 Å². The molecule has 0 aliphatic rings. The Balaban J connectivity index is 1.40. The monoisotopic (exact) mass is 541 g/mol. The predicted octanol–water partition coefficient (Wildman–Crippen LogP) is 5.39. The van der Waals surface area contributed by atoms with E-state index < -0.39 is 11.9 Å². The first kappa shape index (κ1) is 25.4. The van der Waals surface area contributed by atoms with Crippen LogP contribution in [0.4, 0.5) is 11.6 Å². The number of aromatic carboxylic acids is 1. The Kier molecular flexibility index (Phi) is 6.40. The van der Waals surface area contributed by atoms with Gasteiger partial charge in [0.15, 0.2) is 11.5 Å². The summed E-state index contributed by atoms with van der Waals surface area (Å²) in [6.07, 6.45) is 3.23. The van der Waals surface area contributed by atoms with Crippen molar-refractivity contribution in [1.82, 2.24) is 24.5 Å². The lowest BCUT2D eigenvalue weighted by Gasteiger charge is -2.12. The minimum Gasteiger partial charge on any atom is -0.478 e. The molecule has 1 amide bonds. The van der Waals surface area contributed by atoms with Crippen molar-refractivity contribution in [3.05, 3.63) is 114 Å². The van der Waals surface area contributed by atoms with Crippen LogP contribution in [0.2, 0.25) is 0 Å². The van der Waals surface area contributed by atoms with Gasteiger partial charge in [0.1, 0.15) is 17.2 Å². The van der Waals surface area contributed by atoms with Crippen molar-refractivity contribution in [1.29, 1.82) is 0 Å². The maximum atomic E-state index is 12.9. The van der Waals surface area contributed by atoms with Gasteiger partial charge < -0.3 is 16.2 Å². The summed E-state index contributed by atoms with van der Waals surface area (Å²) in [5, 5.41) is 12.0. The second kappa shape index (κ2) is 10.3. The Morgan fingerprint density at radius 2 is 1.73 bits per heavy atom. The Bertz CT molecular complexity index is 1930. The van der Waals surface area contributed by atoms with E-state index in [1.54, 1.807) is 37.5 Å². The normalized spacial score (nSPS) is 11.0. The maximum absolute atomic E-state index is 12.9. The number of nitrogens with zero attached hydrogens (tertiary/aromatic N) is 5. The summed E-state index contributed by atoms with van der Waals surface area (Å²) >= 11 is 0. The van der Waals surface area contributed by atoms with Crippen molar-refractivity contribution in [3.63, 3.8) is 0 Å². The number of fused-ring (bicyclic) bond motifs is 1. The SMILES string of the molecule is Cc1cc(C(=O)O)ccc1C(=O)Nc1ccc(-n2c(-c3cccnc3N)nc3ccc(-c4ccccc4)nc32)cn1. The third-order valence-corrected chi connectivity index (χ3v) is 6.62. The standard InChI is InChI=1S/C31H23N7O3/c1-18-16-20(31(40)41)9-11-22(18)30(39)37-26-14-10-21(17-34-26)38-28(23-8-5-15-33-27(23)32)36-25-13-12-24(35-29(25)38)19-6-3-2-4-7-19/h2-17H,1H3,(H2,32,33)(H,40,41)(H,34,37,39). The molecule has 200 valence electrons. The highest BCUT2D eigenvalue weighted by atomic mass is 16.4. The lowest BCUT2D eigenvalue weighted by molar-refractivity contribution is 0.0696. The number of nitrogens with one attached hydrogen (secondary N) is 1. The highest BCUT2D eigenvalue weighted by molar-refractivity contribution is 6.05. The first-order valence-electron chi connectivity index (χ1n) is 12.7. The number of anilines is 2. The van der Waals surface area contributed by atoms with E-state index in [2.05, 4.69) is 15.3 Å². The minimum atomic E-state index is -1.05. The van der Waals surface area contributed by atoms with Crippen LogP contribution in [0, 0.1) is 6.92 Å². The molecule has 4 aromatic heterocycles. The fraction of sp³-hybridized carbons (Fsp3) is 0.0323. The Morgan fingerprint density at radius 1 is 0.902 bits per heavy atom. The van der Waals surface area contributed by atoms with Crippen LogP contribution in [-0.4, -0.2) is 41.5 Å². The molecule has 6 aromatic rings. The Morgan fingerprint density at radius 3 is 2.44 bits per heavy atom. The zero-order valence-electron chi connectivity index (χ0n) is 21.8. The van der Waals surface area contributed by atoms with Crippen LogP contribution in [-0.2, 0) is 0 Å². The number of benzene rings is 2. The van der Waals surface area contributed by atoms with Crippen molar-refractivity contribution >= 4 is 34.7 Å². The number of aryl methyl sites for hydroxylation is 1. The third kappa shape index (κ3) is 4.85. The van der Waals surface area contributed by atoms with Gasteiger partial charge in [0, 0.05) is 17.3 Å². The van der Waals surface area contributed by atoms with Gasteiger partial charge >= 0.3 is 5.97 Å². The number of nitrogen functional groups attached to an aromatic ring is 1. The molecule has 0 aliphatic carbocycles. The molecule has 0 unspecified atom stereocenters. The zero-order chi connectivity index (χ0) is 28.5. The highest BCUT2D eigenvalue weighted by Crippen LogP contribution is 2.31. The second-order valence-electron chi connectivity index (χ2n) is 9.30. The molecule has 0 fully saturated rings. The zero-order valence-corrected chi connectivity index (χ0v) is 21.8. The predicted molar refractivity (Wildman–Crippen MR) is 156 cm³/mol. The molecule has 41 heavy (non-hydrogen) atoms. The van der Waals surface area contributed by atoms with E-state index in [4.69, 9.17) is 15.7 Å². The molecule has 4 heterocycles. The van der Waals surface area contributed by atoms with Gasteiger partial charge in [-0.25, -0.2) is 24.7 Å². The van der Waals surface area contributed by atoms with Gasteiger partial charge in [-0.1, -0.05) is 30.3 Å². The number of carbonyl (C=O) groups excluding carboxylic acids is 1. The van der Waals surface area contributed by atoms with Crippen LogP contribution < -0.4 is 11.1 Å². The summed E-state index contributed by atoms with van der Waals surface area (Å²) in [5.41, 5.74) is 11.6. The molecule has 10 heteroatoms. The van der Waals surface area contributed by atoms with E-state index in [1.807, 2.05) is 53.1 Å². The summed E-state index contributed by atoms with van der Waals surface area (Å²) in [7, 11) is 0. The van der Waals surface area contributed by atoms with E-state index in [0.717, 1.165) is 11.3 Å². The average Bonchev–Trinajstić information content (AvgIpc) is 3.36. The molecule has 0 atom stereocenters. The van der Waals surface area contributed by atoms with Crippen molar-refractivity contribution in [3.8, 4) is 28.3 Å². The summed E-state index contributed by atoms with van der Waals surface area (Å²) in [4.78, 5) is 42.6. The molecule has 0 bridgehead atoms. The molecule has 0 saturated carbocycles. The number of rotatable bonds is 6. The fourth-order valence-electron chi connectivity index (χ4n) is 4.59. The van der Waals surface area contributed by atoms with Gasteiger partial charge in [-0.2, -0.15) is 0 Å². The van der Waals surface area contributed by atoms with E-state index in [9.17, 15) is 14.7 Å². The van der Waals surface area contributed by atoms with Crippen molar-refractivity contribution in [2.45, 2.75) is 6.92 Å². The number of carbonyl (C=O) groups is 2. The first-order chi connectivity index (χ1) is 19.9. The topological polar surface area (TPSA) is 149 Å². The summed E-state index contributed by atoms with van der Waals surface area (Å²) in [6, 6.07) is 25.1. The molecule has 2 aromatic carbocycles. The summed E-state index contributed by atoms with van der Waals surface area (Å²) < 4.78 is 1.86. The quantitative estimate of drug-likeness (QED) is 0.254. The summed E-state index contributed by atoms with van der Waals surface area (Å²) in [5.74, 6) is -0.248.